The number of nitrogens with one attached hydrogen (secondary N) is 1. The fraction of sp³-hybridized carbons (Fsp3) is 0. The molecule has 0 atom stereocenters. The second kappa shape index (κ2) is 5.08. The molecule has 0 saturated heterocycles. The molecule has 1 aromatic heterocycles. The Hall–Kier alpha value is -2.58. The first-order valence-electron chi connectivity index (χ1n) is 6.21. The van der Waals surface area contributed by atoms with Gasteiger partial charge in [-0.05, 0) is 30.3 Å². The van der Waals surface area contributed by atoms with Gasteiger partial charge in [0, 0.05) is 38.4 Å². The van der Waals surface area contributed by atoms with Crippen LogP contribution in [0.1, 0.15) is 21.5 Å². The summed E-state index contributed by atoms with van der Waals surface area (Å²) in [5.41, 5.74) is 8.67. The Morgan fingerprint density at radius 3 is 2.76 bits per heavy atom. The third-order valence-corrected chi connectivity index (χ3v) is 3.98. The zero-order chi connectivity index (χ0) is 15.0. The van der Waals surface area contributed by atoms with Crippen LogP contribution in [-0.2, 0) is 0 Å². The highest BCUT2D eigenvalue weighted by Gasteiger charge is 2.17. The number of nitrogens with two attached hydrogens (primary N) is 1. The van der Waals surface area contributed by atoms with Crippen molar-refractivity contribution in [1.82, 2.24) is 4.98 Å². The molecule has 1 heterocycles. The van der Waals surface area contributed by atoms with Crippen molar-refractivity contribution in [3.05, 3.63) is 63.8 Å². The van der Waals surface area contributed by atoms with Crippen LogP contribution >= 0.6 is 15.9 Å². The second-order valence-electron chi connectivity index (χ2n) is 4.64. The fourth-order valence-electron chi connectivity index (χ4n) is 2.25. The number of aromatic nitrogens is 1. The predicted octanol–water partition coefficient (Wildman–Crippen LogP) is 3.62. The van der Waals surface area contributed by atoms with Gasteiger partial charge >= 0.3 is 0 Å². The predicted molar refractivity (Wildman–Crippen MR) is 85.0 cm³/mol. The van der Waals surface area contributed by atoms with Gasteiger partial charge in [-0.2, -0.15) is 5.26 Å². The Balaban J connectivity index is 2.14. The number of aromatic amines is 1. The van der Waals surface area contributed by atoms with Crippen LogP contribution in [0.4, 0.5) is 5.69 Å². The summed E-state index contributed by atoms with van der Waals surface area (Å²) in [5, 5.41) is 9.69. The van der Waals surface area contributed by atoms with Crippen molar-refractivity contribution in [2.45, 2.75) is 0 Å². The standard InChI is InChI=1S/C16H10BrN3O/c17-14-4-2-10(19)6-12(14)16(21)13-8-20-15-5-9(7-18)1-3-11(13)15/h1-6,8,20H,19H2. The van der Waals surface area contributed by atoms with Gasteiger partial charge in [-0.3, -0.25) is 4.79 Å². The summed E-state index contributed by atoms with van der Waals surface area (Å²) in [7, 11) is 0. The molecule has 3 N–H and O–H groups in total. The highest BCUT2D eigenvalue weighted by Crippen LogP contribution is 2.26. The van der Waals surface area contributed by atoms with Gasteiger partial charge in [-0.25, -0.2) is 0 Å². The Morgan fingerprint density at radius 2 is 2.00 bits per heavy atom. The Bertz CT molecular complexity index is 906. The van der Waals surface area contributed by atoms with Crippen LogP contribution in [0, 0.1) is 11.3 Å². The average molecular weight is 340 g/mol. The fourth-order valence-corrected chi connectivity index (χ4v) is 2.67. The van der Waals surface area contributed by atoms with Gasteiger partial charge in [0.05, 0.1) is 11.6 Å². The van der Waals surface area contributed by atoms with Crippen LogP contribution in [0.15, 0.2) is 47.1 Å². The number of ketones is 1. The van der Waals surface area contributed by atoms with Gasteiger partial charge in [-0.15, -0.1) is 0 Å². The van der Waals surface area contributed by atoms with E-state index in [1.54, 1.807) is 42.6 Å². The Morgan fingerprint density at radius 1 is 1.19 bits per heavy atom. The quantitative estimate of drug-likeness (QED) is 0.552. The van der Waals surface area contributed by atoms with Crippen molar-refractivity contribution in [2.24, 2.45) is 0 Å². The van der Waals surface area contributed by atoms with Crippen LogP contribution in [0.25, 0.3) is 10.9 Å². The average Bonchev–Trinajstić information content (AvgIpc) is 2.91. The molecular formula is C16H10BrN3O. The molecule has 4 nitrogen and oxygen atoms in total. The van der Waals surface area contributed by atoms with Crippen LogP contribution < -0.4 is 5.73 Å². The molecule has 102 valence electrons. The van der Waals surface area contributed by atoms with Crippen molar-refractivity contribution in [3.63, 3.8) is 0 Å². The molecule has 0 unspecified atom stereocenters. The van der Waals surface area contributed by atoms with E-state index in [2.05, 4.69) is 27.0 Å². The van der Waals surface area contributed by atoms with Crippen molar-refractivity contribution >= 4 is 38.3 Å². The highest BCUT2D eigenvalue weighted by atomic mass is 79.9. The number of nitriles is 1. The molecule has 0 amide bonds. The smallest absolute Gasteiger partial charge is 0.196 e. The lowest BCUT2D eigenvalue weighted by molar-refractivity contribution is 0.103. The number of halogens is 1. The van der Waals surface area contributed by atoms with Gasteiger partial charge in [0.1, 0.15) is 0 Å². The van der Waals surface area contributed by atoms with Crippen molar-refractivity contribution in [1.29, 1.82) is 5.26 Å². The van der Waals surface area contributed by atoms with E-state index < -0.39 is 0 Å². The number of hydrogen-bond acceptors (Lipinski definition) is 3. The lowest BCUT2D eigenvalue weighted by Crippen LogP contribution is -2.02. The molecule has 21 heavy (non-hydrogen) atoms. The number of H-pyrrole nitrogens is 1. The molecule has 0 saturated carbocycles. The number of rotatable bonds is 2. The maximum atomic E-state index is 12.7. The molecule has 0 spiro atoms. The zero-order valence-electron chi connectivity index (χ0n) is 10.9. The van der Waals surface area contributed by atoms with Crippen LogP contribution in [0.5, 0.6) is 0 Å². The molecule has 0 aliphatic carbocycles. The number of nitrogens with zero attached hydrogens (tertiary/aromatic N) is 1. The molecule has 5 heteroatoms. The molecule has 3 aromatic rings. The summed E-state index contributed by atoms with van der Waals surface area (Å²) in [4.78, 5) is 15.7. The molecular weight excluding hydrogens is 330 g/mol. The van der Waals surface area contributed by atoms with E-state index in [1.165, 1.54) is 0 Å². The summed E-state index contributed by atoms with van der Waals surface area (Å²) in [6.45, 7) is 0. The summed E-state index contributed by atoms with van der Waals surface area (Å²) < 4.78 is 0.699. The normalized spacial score (nSPS) is 10.5. The zero-order valence-corrected chi connectivity index (χ0v) is 12.4. The number of nitrogen functional groups attached to an aromatic ring is 1. The molecule has 0 radical (unpaired) electrons. The number of carbonyl (C=O) groups excluding carboxylic acids is 1. The van der Waals surface area contributed by atoms with Gasteiger partial charge in [0.2, 0.25) is 0 Å². The van der Waals surface area contributed by atoms with Gasteiger partial charge in [0.15, 0.2) is 5.78 Å². The van der Waals surface area contributed by atoms with Crippen LogP contribution in [0.3, 0.4) is 0 Å². The largest absolute Gasteiger partial charge is 0.399 e. The van der Waals surface area contributed by atoms with Gasteiger partial charge in [-0.1, -0.05) is 22.0 Å². The van der Waals surface area contributed by atoms with E-state index in [1.807, 2.05) is 0 Å². The monoisotopic (exact) mass is 339 g/mol. The number of anilines is 1. The summed E-state index contributed by atoms with van der Waals surface area (Å²) in [5.74, 6) is -0.120. The minimum absolute atomic E-state index is 0.120. The third kappa shape index (κ3) is 2.30. The van der Waals surface area contributed by atoms with Gasteiger partial charge < -0.3 is 10.7 Å². The third-order valence-electron chi connectivity index (χ3n) is 3.29. The topological polar surface area (TPSA) is 82.7 Å². The van der Waals surface area contributed by atoms with E-state index in [9.17, 15) is 4.79 Å². The van der Waals surface area contributed by atoms with Crippen molar-refractivity contribution in [3.8, 4) is 6.07 Å². The number of hydrogen-bond donors (Lipinski definition) is 2. The van der Waals surface area contributed by atoms with Crippen LogP contribution in [-0.4, -0.2) is 10.8 Å². The maximum Gasteiger partial charge on any atom is 0.196 e. The van der Waals surface area contributed by atoms with E-state index in [0.717, 1.165) is 10.9 Å². The number of benzene rings is 2. The van der Waals surface area contributed by atoms with E-state index in [0.29, 0.717) is 26.9 Å². The Kier molecular flexibility index (Phi) is 3.24. The van der Waals surface area contributed by atoms with E-state index in [-0.39, 0.29) is 5.78 Å². The molecule has 3 rings (SSSR count). The molecule has 0 aliphatic rings. The molecule has 0 bridgehead atoms. The number of carbonyl (C=O) groups is 1. The first kappa shape index (κ1) is 13.4. The SMILES string of the molecule is N#Cc1ccc2c(C(=O)c3cc(N)ccc3Br)c[nH]c2c1. The van der Waals surface area contributed by atoms with E-state index in [4.69, 9.17) is 11.0 Å². The minimum Gasteiger partial charge on any atom is -0.399 e. The first-order chi connectivity index (χ1) is 10.1. The van der Waals surface area contributed by atoms with Crippen LogP contribution in [0.2, 0.25) is 0 Å². The minimum atomic E-state index is -0.120. The van der Waals surface area contributed by atoms with Crippen molar-refractivity contribution < 1.29 is 4.79 Å². The van der Waals surface area contributed by atoms with Gasteiger partial charge in [0.25, 0.3) is 0 Å². The van der Waals surface area contributed by atoms with E-state index >= 15 is 0 Å². The summed E-state index contributed by atoms with van der Waals surface area (Å²) in [6.07, 6.45) is 1.66. The highest BCUT2D eigenvalue weighted by molar-refractivity contribution is 9.10. The van der Waals surface area contributed by atoms with Crippen molar-refractivity contribution in [2.75, 3.05) is 5.73 Å². The lowest BCUT2D eigenvalue weighted by Gasteiger charge is -2.04. The first-order valence-corrected chi connectivity index (χ1v) is 7.00. The summed E-state index contributed by atoms with van der Waals surface area (Å²) >= 11 is 3.37. The lowest BCUT2D eigenvalue weighted by atomic mass is 10.0. The Labute approximate surface area is 129 Å². The molecule has 0 aliphatic heterocycles. The molecule has 0 fully saturated rings. The maximum absolute atomic E-state index is 12.7. The number of fused-ring (bicyclic) bond motifs is 1. The second-order valence-corrected chi connectivity index (χ2v) is 5.50. The summed E-state index contributed by atoms with van der Waals surface area (Å²) in [6, 6.07) is 12.4. The molecule has 2 aromatic carbocycles.